The normalized spacial score (nSPS) is 51.3. The maximum absolute atomic E-state index is 12.8. The van der Waals surface area contributed by atoms with Crippen LogP contribution in [0.4, 0.5) is 4.79 Å². The summed E-state index contributed by atoms with van der Waals surface area (Å²) in [7, 11) is 3.15. The number of fused-ring (bicyclic) bond motifs is 1. The minimum absolute atomic E-state index is 0.00260. The van der Waals surface area contributed by atoms with E-state index in [0.717, 1.165) is 25.7 Å². The molecule has 0 aromatic rings. The number of carbonyl (C=O) groups is 2. The molecule has 8 atom stereocenters. The first-order valence-electron chi connectivity index (χ1n) is 11.0. The van der Waals surface area contributed by atoms with E-state index >= 15 is 0 Å². The zero-order valence-electron chi connectivity index (χ0n) is 18.2. The fourth-order valence-corrected chi connectivity index (χ4v) is 8.49. The summed E-state index contributed by atoms with van der Waals surface area (Å²) in [5.41, 5.74) is -2.32. The second kappa shape index (κ2) is 6.30. The predicted molar refractivity (Wildman–Crippen MR) is 105 cm³/mol. The topological polar surface area (TPSA) is 91.3 Å². The van der Waals surface area contributed by atoms with Crippen molar-refractivity contribution in [2.45, 2.75) is 63.9 Å². The Labute approximate surface area is 177 Å². The maximum Gasteiger partial charge on any atom is 0.509 e. The quantitative estimate of drug-likeness (QED) is 0.552. The number of aliphatic hydroxyl groups excluding tert-OH is 1. The van der Waals surface area contributed by atoms with Crippen molar-refractivity contribution in [2.24, 2.45) is 34.0 Å². The molecular weight excluding hydrogens is 388 g/mol. The monoisotopic (exact) mass is 420 g/mol. The maximum atomic E-state index is 12.8. The van der Waals surface area contributed by atoms with E-state index < -0.39 is 23.5 Å². The van der Waals surface area contributed by atoms with Crippen molar-refractivity contribution in [3.63, 3.8) is 0 Å². The van der Waals surface area contributed by atoms with Gasteiger partial charge >= 0.3 is 6.16 Å². The molecule has 4 bridgehead atoms. The van der Waals surface area contributed by atoms with Crippen molar-refractivity contribution in [3.05, 3.63) is 12.2 Å². The fraction of sp³-hybridized carbons (Fsp3) is 0.826. The van der Waals surface area contributed by atoms with Crippen LogP contribution in [0.2, 0.25) is 0 Å². The highest BCUT2D eigenvalue weighted by molar-refractivity contribution is 5.96. The molecule has 5 rings (SSSR count). The SMILES string of the molecule is COC(OC)[C@@]12CC[C@]34[C@H](CC[C@@H]5[C@]3(C)C=CC(=O)[C@@]5(C)CO)C[C@@H]1[C@H]4OC(=O)O2. The van der Waals surface area contributed by atoms with Gasteiger partial charge in [-0.25, -0.2) is 4.79 Å². The Hall–Kier alpha value is -1.44. The molecule has 4 fully saturated rings. The second-order valence-electron chi connectivity index (χ2n) is 10.4. The van der Waals surface area contributed by atoms with Gasteiger partial charge in [0.1, 0.15) is 6.10 Å². The molecule has 1 aliphatic heterocycles. The van der Waals surface area contributed by atoms with Crippen LogP contribution in [0.15, 0.2) is 12.2 Å². The number of aliphatic hydroxyl groups is 1. The van der Waals surface area contributed by atoms with E-state index in [1.165, 1.54) is 0 Å². The molecule has 166 valence electrons. The summed E-state index contributed by atoms with van der Waals surface area (Å²) in [5.74, 6) is 0.308. The molecule has 1 saturated heterocycles. The summed E-state index contributed by atoms with van der Waals surface area (Å²) in [6.45, 7) is 3.93. The van der Waals surface area contributed by atoms with Gasteiger partial charge < -0.3 is 24.1 Å². The summed E-state index contributed by atoms with van der Waals surface area (Å²) >= 11 is 0. The van der Waals surface area contributed by atoms with Crippen molar-refractivity contribution >= 4 is 11.9 Å². The molecule has 0 unspecified atom stereocenters. The Balaban J connectivity index is 1.66. The third-order valence-electron chi connectivity index (χ3n) is 9.79. The van der Waals surface area contributed by atoms with E-state index in [2.05, 4.69) is 13.0 Å². The highest BCUT2D eigenvalue weighted by atomic mass is 16.8. The summed E-state index contributed by atoms with van der Waals surface area (Å²) in [6, 6.07) is 0. The van der Waals surface area contributed by atoms with Gasteiger partial charge in [0.05, 0.1) is 12.0 Å². The summed E-state index contributed by atoms with van der Waals surface area (Å²) in [4.78, 5) is 25.4. The average molecular weight is 421 g/mol. The van der Waals surface area contributed by atoms with Gasteiger partial charge in [-0.1, -0.05) is 13.0 Å². The van der Waals surface area contributed by atoms with E-state index in [1.807, 2.05) is 6.92 Å². The third-order valence-corrected chi connectivity index (χ3v) is 9.79. The van der Waals surface area contributed by atoms with Gasteiger partial charge in [0, 0.05) is 25.6 Å². The molecule has 1 heterocycles. The van der Waals surface area contributed by atoms with Crippen LogP contribution >= 0.6 is 0 Å². The van der Waals surface area contributed by atoms with Gasteiger partial charge in [0.15, 0.2) is 17.7 Å². The minimum Gasteiger partial charge on any atom is -0.430 e. The lowest BCUT2D eigenvalue weighted by Gasteiger charge is -2.65. The second-order valence-corrected chi connectivity index (χ2v) is 10.4. The van der Waals surface area contributed by atoms with Crippen LogP contribution in [-0.2, 0) is 23.7 Å². The smallest absolute Gasteiger partial charge is 0.430 e. The first-order valence-corrected chi connectivity index (χ1v) is 11.0. The molecule has 0 aromatic heterocycles. The molecule has 5 aliphatic rings. The molecular formula is C23H32O7. The standard InChI is InChI=1S/C23H32O7/c1-20(12-24)15-6-5-13-11-14-17-22(13,21(15,2)8-7-16(20)25)9-10-23(14,18(27-3)28-4)30-19(26)29-17/h7-8,13-15,17-18,24H,5-6,9-12H2,1-4H3/t13-,14-,15+,17-,20+,21+,22-,23-/m1/s1. The van der Waals surface area contributed by atoms with E-state index in [0.29, 0.717) is 12.3 Å². The highest BCUT2D eigenvalue weighted by Gasteiger charge is 2.78. The number of hydrogen-bond acceptors (Lipinski definition) is 7. The number of rotatable bonds is 4. The highest BCUT2D eigenvalue weighted by Crippen LogP contribution is 2.75. The summed E-state index contributed by atoms with van der Waals surface area (Å²) < 4.78 is 23.0. The number of hydrogen-bond donors (Lipinski definition) is 1. The fourth-order valence-electron chi connectivity index (χ4n) is 8.49. The van der Waals surface area contributed by atoms with Crippen LogP contribution in [0.3, 0.4) is 0 Å². The number of methoxy groups -OCH3 is 2. The zero-order chi connectivity index (χ0) is 21.5. The van der Waals surface area contributed by atoms with Gasteiger partial charge in [-0.15, -0.1) is 0 Å². The number of carbonyl (C=O) groups excluding carboxylic acids is 2. The van der Waals surface area contributed by atoms with Crippen LogP contribution in [0.5, 0.6) is 0 Å². The molecule has 1 spiro atoms. The molecule has 3 saturated carbocycles. The third kappa shape index (κ3) is 2.07. The summed E-state index contributed by atoms with van der Waals surface area (Å²) in [6.07, 6.45) is 6.21. The molecule has 7 heteroatoms. The molecule has 0 aromatic carbocycles. The number of allylic oxidation sites excluding steroid dienone is 2. The van der Waals surface area contributed by atoms with Crippen LogP contribution in [0.25, 0.3) is 0 Å². The van der Waals surface area contributed by atoms with Crippen molar-refractivity contribution in [1.82, 2.24) is 0 Å². The molecule has 4 aliphatic carbocycles. The van der Waals surface area contributed by atoms with Crippen LogP contribution < -0.4 is 0 Å². The van der Waals surface area contributed by atoms with Crippen molar-refractivity contribution in [3.8, 4) is 0 Å². The average Bonchev–Trinajstić information content (AvgIpc) is 2.96. The van der Waals surface area contributed by atoms with Crippen molar-refractivity contribution < 1.29 is 33.6 Å². The summed E-state index contributed by atoms with van der Waals surface area (Å²) in [5, 5.41) is 10.2. The van der Waals surface area contributed by atoms with Gasteiger partial charge in [-0.2, -0.15) is 0 Å². The molecule has 30 heavy (non-hydrogen) atoms. The lowest BCUT2D eigenvalue weighted by atomic mass is 9.40. The Morgan fingerprint density at radius 1 is 1.20 bits per heavy atom. The molecule has 1 N–H and O–H groups in total. The molecule has 7 nitrogen and oxygen atoms in total. The van der Waals surface area contributed by atoms with E-state index in [1.54, 1.807) is 20.3 Å². The van der Waals surface area contributed by atoms with Crippen LogP contribution in [0.1, 0.15) is 46.0 Å². The van der Waals surface area contributed by atoms with Gasteiger partial charge in [-0.05, 0) is 62.4 Å². The lowest BCUT2D eigenvalue weighted by molar-refractivity contribution is -0.304. The van der Waals surface area contributed by atoms with E-state index in [-0.39, 0.29) is 41.2 Å². The van der Waals surface area contributed by atoms with Gasteiger partial charge in [-0.3, -0.25) is 4.79 Å². The Morgan fingerprint density at radius 3 is 2.60 bits per heavy atom. The Bertz CT molecular complexity index is 805. The van der Waals surface area contributed by atoms with E-state index in [4.69, 9.17) is 18.9 Å². The first kappa shape index (κ1) is 20.5. The molecule has 0 amide bonds. The molecule has 0 radical (unpaired) electrons. The van der Waals surface area contributed by atoms with Crippen LogP contribution in [-0.4, -0.2) is 55.9 Å². The van der Waals surface area contributed by atoms with Crippen molar-refractivity contribution in [2.75, 3.05) is 20.8 Å². The lowest BCUT2D eigenvalue weighted by Crippen LogP contribution is -2.70. The van der Waals surface area contributed by atoms with Crippen molar-refractivity contribution in [1.29, 1.82) is 0 Å². The Morgan fingerprint density at radius 2 is 1.93 bits per heavy atom. The predicted octanol–water partition coefficient (Wildman–Crippen LogP) is 2.85. The minimum atomic E-state index is -0.855. The Kier molecular flexibility index (Phi) is 4.30. The van der Waals surface area contributed by atoms with Gasteiger partial charge in [0.25, 0.3) is 0 Å². The number of ketones is 1. The van der Waals surface area contributed by atoms with Gasteiger partial charge in [0.2, 0.25) is 0 Å². The van der Waals surface area contributed by atoms with Crippen LogP contribution in [0, 0.1) is 34.0 Å². The first-order chi connectivity index (χ1) is 14.2. The van der Waals surface area contributed by atoms with E-state index in [9.17, 15) is 14.7 Å². The zero-order valence-corrected chi connectivity index (χ0v) is 18.2. The number of ether oxygens (including phenoxy) is 4. The largest absolute Gasteiger partial charge is 0.509 e.